The molecule has 2 aromatic carbocycles. The first-order valence-corrected chi connectivity index (χ1v) is 10.1. The smallest absolute Gasteiger partial charge is 0.274 e. The second-order valence-corrected chi connectivity index (χ2v) is 7.52. The Kier molecular flexibility index (Phi) is 5.95. The Labute approximate surface area is 185 Å². The van der Waals surface area contributed by atoms with Crippen molar-refractivity contribution in [1.82, 2.24) is 25.3 Å². The first-order valence-electron chi connectivity index (χ1n) is 9.71. The highest BCUT2D eigenvalue weighted by molar-refractivity contribution is 6.32. The molecule has 0 spiro atoms. The molecule has 0 fully saturated rings. The first kappa shape index (κ1) is 20.6. The van der Waals surface area contributed by atoms with Gasteiger partial charge < -0.3 is 10.2 Å². The predicted molar refractivity (Wildman–Crippen MR) is 122 cm³/mol. The summed E-state index contributed by atoms with van der Waals surface area (Å²) in [5, 5.41) is 11.8. The fraction of sp³-hybridized carbons (Fsp3) is 0.130. The number of aromatic nitrogens is 4. The maximum Gasteiger partial charge on any atom is 0.274 e. The van der Waals surface area contributed by atoms with Crippen molar-refractivity contribution in [1.29, 1.82) is 0 Å². The van der Waals surface area contributed by atoms with Crippen molar-refractivity contribution in [3.8, 4) is 17.1 Å². The Hall–Kier alpha value is -3.71. The third kappa shape index (κ3) is 4.41. The minimum Gasteiger partial charge on any atom is -0.378 e. The lowest BCUT2D eigenvalue weighted by molar-refractivity contribution is 0.0946. The van der Waals surface area contributed by atoms with Crippen LogP contribution in [-0.4, -0.2) is 40.0 Å². The van der Waals surface area contributed by atoms with E-state index in [4.69, 9.17) is 11.6 Å². The van der Waals surface area contributed by atoms with Crippen molar-refractivity contribution >= 4 is 23.2 Å². The number of nitrogens with zero attached hydrogens (tertiary/aromatic N) is 5. The third-order valence-corrected chi connectivity index (χ3v) is 5.10. The number of carbonyl (C=O) groups excluding carboxylic acids is 1. The van der Waals surface area contributed by atoms with Crippen LogP contribution in [0.5, 0.6) is 0 Å². The number of pyridine rings is 1. The number of nitrogens with one attached hydrogen (secondary N) is 1. The van der Waals surface area contributed by atoms with Gasteiger partial charge in [0.05, 0.1) is 16.4 Å². The van der Waals surface area contributed by atoms with Crippen LogP contribution in [0, 0.1) is 0 Å². The molecule has 2 aromatic heterocycles. The first-order chi connectivity index (χ1) is 15.0. The molecule has 0 unspecified atom stereocenters. The van der Waals surface area contributed by atoms with E-state index in [1.165, 1.54) is 0 Å². The van der Waals surface area contributed by atoms with Gasteiger partial charge >= 0.3 is 0 Å². The highest BCUT2D eigenvalue weighted by atomic mass is 35.5. The lowest BCUT2D eigenvalue weighted by Gasteiger charge is -2.13. The molecule has 31 heavy (non-hydrogen) atoms. The van der Waals surface area contributed by atoms with E-state index in [9.17, 15) is 4.79 Å². The minimum atomic E-state index is -0.337. The van der Waals surface area contributed by atoms with E-state index in [1.54, 1.807) is 16.9 Å². The van der Waals surface area contributed by atoms with Gasteiger partial charge in [0.15, 0.2) is 5.69 Å². The van der Waals surface area contributed by atoms with Gasteiger partial charge in [0.1, 0.15) is 5.69 Å². The topological polar surface area (TPSA) is 75.9 Å². The van der Waals surface area contributed by atoms with Gasteiger partial charge in [-0.1, -0.05) is 47.1 Å². The van der Waals surface area contributed by atoms with Gasteiger partial charge in [0.2, 0.25) is 0 Å². The van der Waals surface area contributed by atoms with Crippen molar-refractivity contribution in [2.75, 3.05) is 19.0 Å². The van der Waals surface area contributed by atoms with E-state index in [2.05, 4.69) is 20.6 Å². The second kappa shape index (κ2) is 8.97. The summed E-state index contributed by atoms with van der Waals surface area (Å²) in [6.45, 7) is 0.368. The van der Waals surface area contributed by atoms with Crippen LogP contribution in [0.1, 0.15) is 16.1 Å². The lowest BCUT2D eigenvalue weighted by atomic mass is 10.1. The monoisotopic (exact) mass is 432 g/mol. The average molecular weight is 433 g/mol. The van der Waals surface area contributed by atoms with Gasteiger partial charge in [-0.2, -0.15) is 0 Å². The Morgan fingerprint density at radius 1 is 1.03 bits per heavy atom. The fourth-order valence-electron chi connectivity index (χ4n) is 3.14. The standard InChI is InChI=1S/C23H21ClN6O/c1-29(2)17-12-10-16(11-13-17)15-26-23(31)21-22(19-8-5-6-14-25-19)30(28-27-21)20-9-4-3-7-18(20)24/h3-14H,15H2,1-2H3,(H,26,31). The van der Waals surface area contributed by atoms with Gasteiger partial charge in [0.25, 0.3) is 5.91 Å². The van der Waals surface area contributed by atoms with Crippen molar-refractivity contribution in [2.45, 2.75) is 6.54 Å². The Bertz CT molecular complexity index is 1190. The van der Waals surface area contributed by atoms with Gasteiger partial charge in [-0.05, 0) is 42.0 Å². The van der Waals surface area contributed by atoms with E-state index >= 15 is 0 Å². The molecule has 0 aliphatic carbocycles. The van der Waals surface area contributed by atoms with Crippen LogP contribution in [0.25, 0.3) is 17.1 Å². The molecule has 4 aromatic rings. The molecule has 0 atom stereocenters. The van der Waals surface area contributed by atoms with Crippen molar-refractivity contribution in [2.24, 2.45) is 0 Å². The van der Waals surface area contributed by atoms with Gasteiger partial charge in [0, 0.05) is 32.5 Å². The van der Waals surface area contributed by atoms with E-state index in [1.807, 2.05) is 79.7 Å². The van der Waals surface area contributed by atoms with Crippen LogP contribution in [-0.2, 0) is 6.54 Å². The van der Waals surface area contributed by atoms with Gasteiger partial charge in [-0.25, -0.2) is 4.68 Å². The fourth-order valence-corrected chi connectivity index (χ4v) is 3.35. The zero-order valence-electron chi connectivity index (χ0n) is 17.2. The molecule has 0 saturated heterocycles. The van der Waals surface area contributed by atoms with Crippen LogP contribution >= 0.6 is 11.6 Å². The van der Waals surface area contributed by atoms with E-state index in [0.717, 1.165) is 11.3 Å². The summed E-state index contributed by atoms with van der Waals surface area (Å²) in [6, 6.07) is 20.7. The van der Waals surface area contributed by atoms with E-state index in [0.29, 0.717) is 28.6 Å². The summed E-state index contributed by atoms with van der Waals surface area (Å²) >= 11 is 6.37. The molecule has 1 amide bonds. The zero-order valence-corrected chi connectivity index (χ0v) is 17.9. The number of hydrogen-bond acceptors (Lipinski definition) is 5. The summed E-state index contributed by atoms with van der Waals surface area (Å²) < 4.78 is 1.55. The molecule has 7 nitrogen and oxygen atoms in total. The number of amides is 1. The Balaban J connectivity index is 1.65. The minimum absolute atomic E-state index is 0.184. The Morgan fingerprint density at radius 3 is 2.45 bits per heavy atom. The maximum absolute atomic E-state index is 13.0. The predicted octanol–water partition coefficient (Wildman–Crippen LogP) is 3.98. The number of carbonyl (C=O) groups is 1. The molecule has 0 aliphatic heterocycles. The third-order valence-electron chi connectivity index (χ3n) is 4.78. The van der Waals surface area contributed by atoms with Gasteiger partial charge in [-0.15, -0.1) is 5.10 Å². The largest absolute Gasteiger partial charge is 0.378 e. The highest BCUT2D eigenvalue weighted by Crippen LogP contribution is 2.27. The molecule has 0 aliphatic rings. The highest BCUT2D eigenvalue weighted by Gasteiger charge is 2.23. The number of rotatable bonds is 6. The number of anilines is 1. The van der Waals surface area contributed by atoms with E-state index < -0.39 is 0 Å². The van der Waals surface area contributed by atoms with Crippen LogP contribution < -0.4 is 10.2 Å². The van der Waals surface area contributed by atoms with Crippen LogP contribution in [0.2, 0.25) is 5.02 Å². The van der Waals surface area contributed by atoms with E-state index in [-0.39, 0.29) is 11.6 Å². The summed E-state index contributed by atoms with van der Waals surface area (Å²) in [6.07, 6.45) is 1.66. The zero-order chi connectivity index (χ0) is 21.8. The molecular weight excluding hydrogens is 412 g/mol. The van der Waals surface area contributed by atoms with Gasteiger partial charge in [-0.3, -0.25) is 9.78 Å². The van der Waals surface area contributed by atoms with Crippen molar-refractivity contribution in [3.63, 3.8) is 0 Å². The molecule has 8 heteroatoms. The summed E-state index contributed by atoms with van der Waals surface area (Å²) in [5.74, 6) is -0.337. The lowest BCUT2D eigenvalue weighted by Crippen LogP contribution is -2.24. The van der Waals surface area contributed by atoms with Crippen LogP contribution in [0.4, 0.5) is 5.69 Å². The number of benzene rings is 2. The molecule has 0 saturated carbocycles. The number of hydrogen-bond donors (Lipinski definition) is 1. The summed E-state index contributed by atoms with van der Waals surface area (Å²) in [5.41, 5.74) is 3.94. The molecular formula is C23H21ClN6O. The van der Waals surface area contributed by atoms with Crippen molar-refractivity contribution in [3.05, 3.63) is 89.2 Å². The molecule has 0 bridgehead atoms. The SMILES string of the molecule is CN(C)c1ccc(CNC(=O)c2nnn(-c3ccccc3Cl)c2-c2ccccn2)cc1. The second-order valence-electron chi connectivity index (χ2n) is 7.11. The van der Waals surface area contributed by atoms with Crippen molar-refractivity contribution < 1.29 is 4.79 Å². The maximum atomic E-state index is 13.0. The quantitative estimate of drug-likeness (QED) is 0.498. The molecule has 1 N–H and O–H groups in total. The molecule has 0 radical (unpaired) electrons. The Morgan fingerprint density at radius 2 is 1.77 bits per heavy atom. The number of halogens is 1. The van der Waals surface area contributed by atoms with Crippen LogP contribution in [0.3, 0.4) is 0 Å². The summed E-state index contributed by atoms with van der Waals surface area (Å²) in [4.78, 5) is 19.4. The summed E-state index contributed by atoms with van der Waals surface area (Å²) in [7, 11) is 3.97. The molecule has 2 heterocycles. The molecule has 156 valence electrons. The van der Waals surface area contributed by atoms with Crippen LogP contribution in [0.15, 0.2) is 72.9 Å². The normalized spacial score (nSPS) is 10.7. The average Bonchev–Trinajstić information content (AvgIpc) is 3.23. The number of para-hydroxylation sites is 1. The molecule has 4 rings (SSSR count).